The predicted molar refractivity (Wildman–Crippen MR) is 119 cm³/mol. The van der Waals surface area contributed by atoms with E-state index in [9.17, 15) is 5.26 Å². The van der Waals surface area contributed by atoms with Crippen molar-refractivity contribution < 1.29 is 0 Å². The predicted octanol–water partition coefficient (Wildman–Crippen LogP) is 5.89. The van der Waals surface area contributed by atoms with Crippen LogP contribution in [-0.4, -0.2) is 26.2 Å². The third kappa shape index (κ3) is 6.12. The van der Waals surface area contributed by atoms with Gasteiger partial charge in [0.2, 0.25) is 0 Å². The fraction of sp³-hybridized carbons (Fsp3) is 0.208. The Morgan fingerprint density at radius 3 is 1.85 bits per heavy atom. The Kier molecular flexibility index (Phi) is 6.98. The second-order valence-electron chi connectivity index (χ2n) is 7.87. The number of likely N-dealkylation sites (N-methyl/N-ethyl adjacent to an activating group) is 1. The van der Waals surface area contributed by atoms with E-state index in [1.807, 2.05) is 55.6 Å². The van der Waals surface area contributed by atoms with E-state index in [0.29, 0.717) is 5.57 Å². The van der Waals surface area contributed by atoms with Gasteiger partial charge < -0.3 is 4.90 Å². The Bertz CT molecular complexity index is 825. The van der Waals surface area contributed by atoms with Gasteiger partial charge >= 0.3 is 0 Å². The van der Waals surface area contributed by atoms with Crippen molar-refractivity contribution in [3.63, 3.8) is 0 Å². The quantitative estimate of drug-likeness (QED) is 0.344. The molecule has 0 heterocycles. The summed E-state index contributed by atoms with van der Waals surface area (Å²) >= 11 is 0. The molecule has 2 nitrogen and oxygen atoms in total. The van der Waals surface area contributed by atoms with Crippen LogP contribution in [0.25, 0.3) is 5.57 Å². The van der Waals surface area contributed by atoms with Crippen molar-refractivity contribution in [1.29, 1.82) is 5.26 Å². The van der Waals surface area contributed by atoms with E-state index in [0.717, 1.165) is 28.6 Å². The summed E-state index contributed by atoms with van der Waals surface area (Å²) in [6.07, 6.45) is 4.88. The van der Waals surface area contributed by atoms with Crippen LogP contribution in [0, 0.1) is 11.3 Å². The molecule has 27 heavy (non-hydrogen) atoms. The van der Waals surface area contributed by atoms with Gasteiger partial charge in [-0.15, -0.1) is 0 Å². The molecule has 0 N–H and O–H groups in total. The normalized spacial score (nSPS) is 11.4. The number of hydrogen-bond donors (Lipinski definition) is 0. The van der Waals surface area contributed by atoms with Crippen LogP contribution < -0.4 is 0 Å². The first kappa shape index (κ1) is 20.5. The fourth-order valence-electron chi connectivity index (χ4n) is 2.97. The van der Waals surface area contributed by atoms with Crippen molar-refractivity contribution in [2.45, 2.75) is 19.6 Å². The lowest BCUT2D eigenvalue weighted by Gasteiger charge is -2.28. The Labute approximate surface area is 164 Å². The Hall–Kier alpha value is -2.83. The standard InChI is InChI=1S/C24H28N2Si/c1-20(26(2)19-27(3,4)5)23(18-25)16-17-24(21-12-8-6-9-13-21)22-14-10-7-11-15-22/h6-17H,1,19H2,2-5H3/b23-16-. The van der Waals surface area contributed by atoms with Crippen molar-refractivity contribution in [1.82, 2.24) is 4.90 Å². The lowest BCUT2D eigenvalue weighted by molar-refractivity contribution is 0.492. The summed E-state index contributed by atoms with van der Waals surface area (Å²) in [5, 5.41) is 9.67. The van der Waals surface area contributed by atoms with Crippen LogP contribution in [0.3, 0.4) is 0 Å². The first-order chi connectivity index (χ1) is 12.8. The zero-order valence-electron chi connectivity index (χ0n) is 16.7. The molecular weight excluding hydrogens is 344 g/mol. The Morgan fingerprint density at radius 2 is 1.44 bits per heavy atom. The van der Waals surface area contributed by atoms with Gasteiger partial charge in [0.25, 0.3) is 0 Å². The van der Waals surface area contributed by atoms with Gasteiger partial charge in [-0.2, -0.15) is 5.26 Å². The summed E-state index contributed by atoms with van der Waals surface area (Å²) in [6, 6.07) is 22.8. The molecule has 0 atom stereocenters. The first-order valence-corrected chi connectivity index (χ1v) is 12.9. The zero-order chi connectivity index (χ0) is 19.9. The minimum Gasteiger partial charge on any atom is -0.377 e. The van der Waals surface area contributed by atoms with Crippen molar-refractivity contribution in [2.75, 3.05) is 13.2 Å². The molecule has 0 aromatic heterocycles. The summed E-state index contributed by atoms with van der Waals surface area (Å²) in [5.41, 5.74) is 4.71. The molecule has 0 aliphatic heterocycles. The molecule has 0 unspecified atom stereocenters. The molecule has 138 valence electrons. The van der Waals surface area contributed by atoms with Gasteiger partial charge in [0.05, 0.1) is 13.6 Å². The van der Waals surface area contributed by atoms with Gasteiger partial charge in [-0.25, -0.2) is 0 Å². The second kappa shape index (κ2) is 9.20. The monoisotopic (exact) mass is 372 g/mol. The van der Waals surface area contributed by atoms with E-state index < -0.39 is 8.07 Å². The molecule has 0 saturated heterocycles. The van der Waals surface area contributed by atoms with E-state index in [1.54, 1.807) is 0 Å². The zero-order valence-corrected chi connectivity index (χ0v) is 17.7. The van der Waals surface area contributed by atoms with E-state index in [1.165, 1.54) is 0 Å². The molecular formula is C24H28N2Si. The third-order valence-corrected chi connectivity index (χ3v) is 5.61. The average molecular weight is 373 g/mol. The summed E-state index contributed by atoms with van der Waals surface area (Å²) < 4.78 is 0. The topological polar surface area (TPSA) is 27.0 Å². The smallest absolute Gasteiger partial charge is 0.101 e. The largest absolute Gasteiger partial charge is 0.377 e. The van der Waals surface area contributed by atoms with Crippen LogP contribution in [0.2, 0.25) is 19.6 Å². The van der Waals surface area contributed by atoms with Gasteiger partial charge in [0, 0.05) is 18.9 Å². The number of hydrogen-bond acceptors (Lipinski definition) is 2. The van der Waals surface area contributed by atoms with Gasteiger partial charge in [0.15, 0.2) is 0 Å². The SMILES string of the molecule is C=C(/C(C#N)=C\C=C(c1ccccc1)c1ccccc1)N(C)C[Si](C)(C)C. The van der Waals surface area contributed by atoms with E-state index in [4.69, 9.17) is 0 Å². The summed E-state index contributed by atoms with van der Waals surface area (Å²) in [6.45, 7) is 11.1. The minimum absolute atomic E-state index is 0.597. The maximum atomic E-state index is 9.67. The summed E-state index contributed by atoms with van der Waals surface area (Å²) in [5.74, 6) is 0. The lowest BCUT2D eigenvalue weighted by Crippen LogP contribution is -2.37. The van der Waals surface area contributed by atoms with Gasteiger partial charge in [-0.3, -0.25) is 0 Å². The maximum absolute atomic E-state index is 9.67. The van der Waals surface area contributed by atoms with Gasteiger partial charge in [0.1, 0.15) is 6.07 Å². The van der Waals surface area contributed by atoms with Crippen molar-refractivity contribution in [3.8, 4) is 6.07 Å². The van der Waals surface area contributed by atoms with Crippen molar-refractivity contribution in [3.05, 3.63) is 102 Å². The number of allylic oxidation sites excluding steroid dienone is 3. The van der Waals surface area contributed by atoms with Crippen molar-refractivity contribution in [2.24, 2.45) is 0 Å². The molecule has 0 fully saturated rings. The first-order valence-electron chi connectivity index (χ1n) is 9.15. The fourth-order valence-corrected chi connectivity index (χ4v) is 4.59. The van der Waals surface area contributed by atoms with E-state index >= 15 is 0 Å². The van der Waals surface area contributed by atoms with E-state index in [-0.39, 0.29) is 0 Å². The number of nitrogens with zero attached hydrogens (tertiary/aromatic N) is 2. The Balaban J connectivity index is 2.40. The highest BCUT2D eigenvalue weighted by atomic mass is 28.3. The van der Waals surface area contributed by atoms with Crippen molar-refractivity contribution >= 4 is 13.6 Å². The molecule has 0 aliphatic carbocycles. The lowest BCUT2D eigenvalue weighted by atomic mass is 9.97. The molecule has 0 saturated carbocycles. The minimum atomic E-state index is -1.28. The number of benzene rings is 2. The highest BCUT2D eigenvalue weighted by Gasteiger charge is 2.18. The van der Waals surface area contributed by atoms with Crippen LogP contribution in [0.4, 0.5) is 0 Å². The molecule has 2 aromatic rings. The highest BCUT2D eigenvalue weighted by Crippen LogP contribution is 2.24. The molecule has 0 radical (unpaired) electrons. The van der Waals surface area contributed by atoms with E-state index in [2.05, 4.69) is 61.5 Å². The third-order valence-electron chi connectivity index (χ3n) is 4.19. The Morgan fingerprint density at radius 1 is 0.963 bits per heavy atom. The molecule has 0 spiro atoms. The average Bonchev–Trinajstić information content (AvgIpc) is 2.65. The van der Waals surface area contributed by atoms with Crippen LogP contribution in [-0.2, 0) is 0 Å². The molecule has 0 amide bonds. The maximum Gasteiger partial charge on any atom is 0.101 e. The van der Waals surface area contributed by atoms with Crippen LogP contribution >= 0.6 is 0 Å². The number of rotatable bonds is 7. The highest BCUT2D eigenvalue weighted by molar-refractivity contribution is 6.76. The second-order valence-corrected chi connectivity index (χ2v) is 13.3. The molecule has 2 aromatic carbocycles. The van der Waals surface area contributed by atoms with Crippen LogP contribution in [0.15, 0.2) is 90.7 Å². The van der Waals surface area contributed by atoms with Gasteiger partial charge in [-0.05, 0) is 22.8 Å². The summed E-state index contributed by atoms with van der Waals surface area (Å²) in [4.78, 5) is 2.11. The van der Waals surface area contributed by atoms with Gasteiger partial charge in [-0.1, -0.05) is 93.0 Å². The summed E-state index contributed by atoms with van der Waals surface area (Å²) in [7, 11) is 0.740. The van der Waals surface area contributed by atoms with Crippen LogP contribution in [0.5, 0.6) is 0 Å². The number of nitriles is 1. The molecule has 0 aliphatic rings. The van der Waals surface area contributed by atoms with Crippen LogP contribution in [0.1, 0.15) is 11.1 Å². The molecule has 0 bridgehead atoms. The molecule has 3 heteroatoms. The molecule has 2 rings (SSSR count).